The summed E-state index contributed by atoms with van der Waals surface area (Å²) in [4.78, 5) is 10.5. The molecule has 0 saturated heterocycles. The lowest BCUT2D eigenvalue weighted by Crippen LogP contribution is -2.06. The lowest BCUT2D eigenvalue weighted by Gasteiger charge is -2.05. The Balaban J connectivity index is 3.26. The zero-order chi connectivity index (χ0) is 10.7. The average molecular weight is 202 g/mol. The third-order valence-electron chi connectivity index (χ3n) is 1.71. The van der Waals surface area contributed by atoms with Gasteiger partial charge >= 0.3 is 5.97 Å². The molecule has 3 nitrogen and oxygen atoms in total. The van der Waals surface area contributed by atoms with E-state index in [1.54, 1.807) is 0 Å². The van der Waals surface area contributed by atoms with Gasteiger partial charge in [0.15, 0.2) is 0 Å². The molecule has 0 aliphatic carbocycles. The Morgan fingerprint density at radius 3 is 2.64 bits per heavy atom. The number of carboxylic acid groups (broad SMARTS) is 1. The number of carboxylic acids is 1. The minimum absolute atomic E-state index is 0.293. The van der Waals surface area contributed by atoms with Crippen LogP contribution in [0.4, 0.5) is 8.78 Å². The normalized spacial score (nSPS) is 10.2. The molecular formula is C9H8F2O3. The van der Waals surface area contributed by atoms with Crippen molar-refractivity contribution in [1.82, 2.24) is 0 Å². The molecule has 0 radical (unpaired) electrons. The molecule has 0 aromatic heterocycles. The first-order chi connectivity index (χ1) is 6.57. The molecule has 1 rings (SSSR count). The monoisotopic (exact) mass is 202 g/mol. The molecule has 14 heavy (non-hydrogen) atoms. The molecule has 1 aromatic carbocycles. The van der Waals surface area contributed by atoms with E-state index in [-0.39, 0.29) is 12.2 Å². The number of halogens is 2. The van der Waals surface area contributed by atoms with Gasteiger partial charge in [-0.2, -0.15) is 0 Å². The number of hydrogen-bond donors (Lipinski definition) is 1. The van der Waals surface area contributed by atoms with Crippen molar-refractivity contribution >= 4 is 5.97 Å². The quantitative estimate of drug-likeness (QED) is 0.813. The average Bonchev–Trinajstić information content (AvgIpc) is 2.11. The maximum Gasteiger partial charge on any atom is 0.338 e. The van der Waals surface area contributed by atoms with Crippen LogP contribution in [0.25, 0.3) is 0 Å². The minimum atomic E-state index is -1.43. The first-order valence-electron chi connectivity index (χ1n) is 3.77. The van der Waals surface area contributed by atoms with E-state index >= 15 is 0 Å². The van der Waals surface area contributed by atoms with Crippen molar-refractivity contribution in [3.8, 4) is 0 Å². The second kappa shape index (κ2) is 4.15. The maximum absolute atomic E-state index is 13.3. The van der Waals surface area contributed by atoms with Gasteiger partial charge < -0.3 is 9.84 Å². The Kier molecular flexibility index (Phi) is 3.14. The largest absolute Gasteiger partial charge is 0.478 e. The summed E-state index contributed by atoms with van der Waals surface area (Å²) in [6.45, 7) is -0.293. The van der Waals surface area contributed by atoms with Gasteiger partial charge in [-0.15, -0.1) is 0 Å². The fraction of sp³-hybridized carbons (Fsp3) is 0.222. The van der Waals surface area contributed by atoms with E-state index in [2.05, 4.69) is 4.74 Å². The summed E-state index contributed by atoms with van der Waals surface area (Å²) < 4.78 is 30.8. The summed E-state index contributed by atoms with van der Waals surface area (Å²) in [5.74, 6) is -3.33. The Morgan fingerprint density at radius 1 is 1.50 bits per heavy atom. The second-order valence-corrected chi connectivity index (χ2v) is 2.63. The van der Waals surface area contributed by atoms with Crippen molar-refractivity contribution in [2.24, 2.45) is 0 Å². The van der Waals surface area contributed by atoms with Crippen LogP contribution < -0.4 is 0 Å². The van der Waals surface area contributed by atoms with Gasteiger partial charge in [-0.3, -0.25) is 0 Å². The van der Waals surface area contributed by atoms with Crippen molar-refractivity contribution < 1.29 is 23.4 Å². The topological polar surface area (TPSA) is 46.5 Å². The molecular weight excluding hydrogens is 194 g/mol. The van der Waals surface area contributed by atoms with E-state index in [0.29, 0.717) is 0 Å². The van der Waals surface area contributed by atoms with Gasteiger partial charge in [-0.25, -0.2) is 13.6 Å². The summed E-state index contributed by atoms with van der Waals surface area (Å²) >= 11 is 0. The molecule has 0 fully saturated rings. The number of rotatable bonds is 3. The second-order valence-electron chi connectivity index (χ2n) is 2.63. The van der Waals surface area contributed by atoms with E-state index in [4.69, 9.17) is 5.11 Å². The third kappa shape index (κ3) is 1.88. The van der Waals surface area contributed by atoms with Gasteiger partial charge in [-0.05, 0) is 12.1 Å². The van der Waals surface area contributed by atoms with E-state index in [0.717, 1.165) is 12.1 Å². The fourth-order valence-electron chi connectivity index (χ4n) is 1.04. The molecule has 0 unspecified atom stereocenters. The molecule has 1 aromatic rings. The molecule has 0 saturated carbocycles. The molecule has 0 aliphatic rings. The summed E-state index contributed by atoms with van der Waals surface area (Å²) in [5.41, 5.74) is -0.925. The molecule has 0 bridgehead atoms. The van der Waals surface area contributed by atoms with Crippen LogP contribution in [0.5, 0.6) is 0 Å². The molecule has 76 valence electrons. The molecule has 0 spiro atoms. The summed E-state index contributed by atoms with van der Waals surface area (Å²) in [6, 6.07) is 1.78. The van der Waals surface area contributed by atoms with Gasteiger partial charge in [0.2, 0.25) is 0 Å². The highest BCUT2D eigenvalue weighted by Gasteiger charge is 2.17. The number of methoxy groups -OCH3 is 1. The number of ether oxygens (including phenoxy) is 1. The van der Waals surface area contributed by atoms with Gasteiger partial charge in [0.05, 0.1) is 17.7 Å². The number of aromatic carboxylic acids is 1. The third-order valence-corrected chi connectivity index (χ3v) is 1.71. The van der Waals surface area contributed by atoms with Crippen LogP contribution >= 0.6 is 0 Å². The number of hydrogen-bond acceptors (Lipinski definition) is 2. The van der Waals surface area contributed by atoms with Gasteiger partial charge in [0.25, 0.3) is 0 Å². The van der Waals surface area contributed by atoms with E-state index < -0.39 is 23.2 Å². The van der Waals surface area contributed by atoms with Crippen LogP contribution in [-0.2, 0) is 11.3 Å². The summed E-state index contributed by atoms with van der Waals surface area (Å²) in [6.07, 6.45) is 0. The van der Waals surface area contributed by atoms with Crippen molar-refractivity contribution in [1.29, 1.82) is 0 Å². The predicted molar refractivity (Wildman–Crippen MR) is 44.0 cm³/mol. The van der Waals surface area contributed by atoms with Crippen molar-refractivity contribution in [2.75, 3.05) is 7.11 Å². The van der Waals surface area contributed by atoms with Gasteiger partial charge in [-0.1, -0.05) is 0 Å². The van der Waals surface area contributed by atoms with Crippen LogP contribution in [-0.4, -0.2) is 18.2 Å². The van der Waals surface area contributed by atoms with Gasteiger partial charge in [0, 0.05) is 7.11 Å². The molecule has 0 aliphatic heterocycles. The number of benzene rings is 1. The van der Waals surface area contributed by atoms with Crippen molar-refractivity contribution in [3.63, 3.8) is 0 Å². The lowest BCUT2D eigenvalue weighted by molar-refractivity contribution is 0.0691. The molecule has 5 heteroatoms. The fourth-order valence-corrected chi connectivity index (χ4v) is 1.04. The Hall–Kier alpha value is -1.49. The lowest BCUT2D eigenvalue weighted by atomic mass is 10.1. The highest BCUT2D eigenvalue weighted by Crippen LogP contribution is 2.17. The first kappa shape index (κ1) is 10.6. The Bertz CT molecular complexity index is 363. The first-order valence-corrected chi connectivity index (χ1v) is 3.77. The summed E-state index contributed by atoms with van der Waals surface area (Å²) in [5, 5.41) is 8.55. The van der Waals surface area contributed by atoms with Crippen LogP contribution in [0, 0.1) is 11.6 Å². The standard InChI is InChI=1S/C9H8F2O3/c1-14-4-6-7(10)3-2-5(8(6)11)9(12)13/h2-3H,4H2,1H3,(H,12,13). The SMILES string of the molecule is COCc1c(F)ccc(C(=O)O)c1F. The van der Waals surface area contributed by atoms with E-state index in [9.17, 15) is 13.6 Å². The summed E-state index contributed by atoms with van der Waals surface area (Å²) in [7, 11) is 1.27. The van der Waals surface area contributed by atoms with Crippen LogP contribution in [0.1, 0.15) is 15.9 Å². The number of carbonyl (C=O) groups is 1. The van der Waals surface area contributed by atoms with Crippen molar-refractivity contribution in [2.45, 2.75) is 6.61 Å². The van der Waals surface area contributed by atoms with E-state index in [1.165, 1.54) is 7.11 Å². The maximum atomic E-state index is 13.3. The van der Waals surface area contributed by atoms with Crippen LogP contribution in [0.2, 0.25) is 0 Å². The smallest absolute Gasteiger partial charge is 0.338 e. The predicted octanol–water partition coefficient (Wildman–Crippen LogP) is 1.81. The van der Waals surface area contributed by atoms with Crippen molar-refractivity contribution in [3.05, 3.63) is 34.9 Å². The Morgan fingerprint density at radius 2 is 2.14 bits per heavy atom. The van der Waals surface area contributed by atoms with Crippen LogP contribution in [0.3, 0.4) is 0 Å². The minimum Gasteiger partial charge on any atom is -0.478 e. The molecule has 0 atom stereocenters. The zero-order valence-corrected chi connectivity index (χ0v) is 7.38. The zero-order valence-electron chi connectivity index (χ0n) is 7.38. The van der Waals surface area contributed by atoms with Crippen LogP contribution in [0.15, 0.2) is 12.1 Å². The highest BCUT2D eigenvalue weighted by atomic mass is 19.1. The van der Waals surface area contributed by atoms with E-state index in [1.807, 2.05) is 0 Å². The molecule has 0 amide bonds. The highest BCUT2D eigenvalue weighted by molar-refractivity contribution is 5.88. The molecule has 0 heterocycles. The van der Waals surface area contributed by atoms with Gasteiger partial charge in [0.1, 0.15) is 11.6 Å². The Labute approximate surface area is 78.9 Å². The molecule has 1 N–H and O–H groups in total.